The highest BCUT2D eigenvalue weighted by atomic mass is 32.1. The highest BCUT2D eigenvalue weighted by Gasteiger charge is 2.06. The first-order valence-corrected chi connectivity index (χ1v) is 7.08. The lowest BCUT2D eigenvalue weighted by molar-refractivity contribution is 0.627. The second-order valence-corrected chi connectivity index (χ2v) is 5.85. The first-order chi connectivity index (χ1) is 9.61. The van der Waals surface area contributed by atoms with Gasteiger partial charge in [-0.15, -0.1) is 11.3 Å². The van der Waals surface area contributed by atoms with Gasteiger partial charge in [0.25, 0.3) is 0 Å². The number of aryl methyl sites for hydroxylation is 1. The molecule has 1 aromatic heterocycles. The lowest BCUT2D eigenvalue weighted by Gasteiger charge is -2.09. The molecule has 3 nitrogen and oxygen atoms in total. The second kappa shape index (κ2) is 5.09. The maximum atomic E-state index is 12.8. The summed E-state index contributed by atoms with van der Waals surface area (Å²) in [6.45, 7) is 2.57. The third-order valence-electron chi connectivity index (χ3n) is 3.06. The number of benzene rings is 2. The zero-order valence-electron chi connectivity index (χ0n) is 11.0. The molecule has 1 heterocycles. The minimum atomic E-state index is -0.229. The molecule has 3 aromatic rings. The van der Waals surface area contributed by atoms with Crippen LogP contribution in [0.15, 0.2) is 36.4 Å². The standard InChI is InChI=1S/C15H14FN3S/c1-9-19-14-7-13(12(17)6-15(14)20-9)18-8-10-2-4-11(16)5-3-10/h2-7,18H,8,17H2,1H3. The smallest absolute Gasteiger partial charge is 0.123 e. The van der Waals surface area contributed by atoms with Gasteiger partial charge in [-0.3, -0.25) is 0 Å². The zero-order valence-corrected chi connectivity index (χ0v) is 11.8. The topological polar surface area (TPSA) is 50.9 Å². The normalized spacial score (nSPS) is 10.9. The van der Waals surface area contributed by atoms with Crippen LogP contribution in [-0.4, -0.2) is 4.98 Å². The Morgan fingerprint density at radius 3 is 2.75 bits per heavy atom. The number of hydrogen-bond acceptors (Lipinski definition) is 4. The van der Waals surface area contributed by atoms with Gasteiger partial charge in [0.15, 0.2) is 0 Å². The van der Waals surface area contributed by atoms with Crippen LogP contribution < -0.4 is 11.1 Å². The summed E-state index contributed by atoms with van der Waals surface area (Å²) in [5.74, 6) is -0.229. The van der Waals surface area contributed by atoms with Crippen molar-refractivity contribution in [1.82, 2.24) is 4.98 Å². The molecule has 0 bridgehead atoms. The molecule has 0 aliphatic carbocycles. The Kier molecular flexibility index (Phi) is 3.28. The summed E-state index contributed by atoms with van der Waals surface area (Å²) in [6, 6.07) is 10.3. The van der Waals surface area contributed by atoms with E-state index in [4.69, 9.17) is 5.73 Å². The molecule has 0 fully saturated rings. The largest absolute Gasteiger partial charge is 0.397 e. The van der Waals surface area contributed by atoms with Crippen LogP contribution in [0.5, 0.6) is 0 Å². The number of nitrogen functional groups attached to an aromatic ring is 1. The molecule has 0 unspecified atom stereocenters. The summed E-state index contributed by atoms with van der Waals surface area (Å²) in [7, 11) is 0. The Balaban J connectivity index is 1.83. The van der Waals surface area contributed by atoms with Crippen LogP contribution >= 0.6 is 11.3 Å². The van der Waals surface area contributed by atoms with E-state index in [1.807, 2.05) is 19.1 Å². The number of halogens is 1. The van der Waals surface area contributed by atoms with E-state index in [1.165, 1.54) is 12.1 Å². The van der Waals surface area contributed by atoms with Crippen LogP contribution in [0.4, 0.5) is 15.8 Å². The predicted octanol–water partition coefficient (Wildman–Crippen LogP) is 3.94. The number of thiazole rings is 1. The number of aromatic nitrogens is 1. The molecular weight excluding hydrogens is 273 g/mol. The Morgan fingerprint density at radius 1 is 1.25 bits per heavy atom. The van der Waals surface area contributed by atoms with Crippen molar-refractivity contribution in [3.8, 4) is 0 Å². The molecule has 2 aromatic carbocycles. The minimum Gasteiger partial charge on any atom is -0.397 e. The molecule has 0 aliphatic heterocycles. The average molecular weight is 287 g/mol. The number of nitrogens with zero attached hydrogens (tertiary/aromatic N) is 1. The molecule has 0 saturated heterocycles. The Hall–Kier alpha value is -2.14. The number of rotatable bonds is 3. The molecule has 0 aliphatic rings. The molecule has 3 rings (SSSR count). The van der Waals surface area contributed by atoms with Gasteiger partial charge < -0.3 is 11.1 Å². The van der Waals surface area contributed by atoms with Gasteiger partial charge in [0.1, 0.15) is 5.82 Å². The van der Waals surface area contributed by atoms with Crippen LogP contribution in [0.3, 0.4) is 0 Å². The molecule has 102 valence electrons. The van der Waals surface area contributed by atoms with Crippen LogP contribution in [0.2, 0.25) is 0 Å². The average Bonchev–Trinajstić information content (AvgIpc) is 2.77. The molecular formula is C15H14FN3S. The summed E-state index contributed by atoms with van der Waals surface area (Å²) in [5.41, 5.74) is 9.54. The SMILES string of the molecule is Cc1nc2cc(NCc3ccc(F)cc3)c(N)cc2s1. The van der Waals surface area contributed by atoms with Crippen molar-refractivity contribution in [2.75, 3.05) is 11.1 Å². The Labute approximate surface area is 120 Å². The maximum Gasteiger partial charge on any atom is 0.123 e. The number of fused-ring (bicyclic) bond motifs is 1. The van der Waals surface area contributed by atoms with E-state index in [0.29, 0.717) is 12.2 Å². The molecule has 0 spiro atoms. The highest BCUT2D eigenvalue weighted by molar-refractivity contribution is 7.18. The van der Waals surface area contributed by atoms with Crippen molar-refractivity contribution in [2.45, 2.75) is 13.5 Å². The monoisotopic (exact) mass is 287 g/mol. The van der Waals surface area contributed by atoms with Gasteiger partial charge in [0, 0.05) is 6.54 Å². The van der Waals surface area contributed by atoms with Crippen molar-refractivity contribution in [3.05, 3.63) is 52.8 Å². The van der Waals surface area contributed by atoms with E-state index in [1.54, 1.807) is 23.5 Å². The fourth-order valence-corrected chi connectivity index (χ4v) is 2.91. The summed E-state index contributed by atoms with van der Waals surface area (Å²) in [4.78, 5) is 4.45. The zero-order chi connectivity index (χ0) is 14.1. The molecule has 0 saturated carbocycles. The molecule has 0 amide bonds. The van der Waals surface area contributed by atoms with Gasteiger partial charge in [-0.25, -0.2) is 9.37 Å². The molecule has 5 heteroatoms. The van der Waals surface area contributed by atoms with Gasteiger partial charge >= 0.3 is 0 Å². The summed E-state index contributed by atoms with van der Waals surface area (Å²) >= 11 is 1.63. The van der Waals surface area contributed by atoms with Gasteiger partial charge in [-0.1, -0.05) is 12.1 Å². The second-order valence-electron chi connectivity index (χ2n) is 4.62. The van der Waals surface area contributed by atoms with E-state index in [0.717, 1.165) is 26.5 Å². The minimum absolute atomic E-state index is 0.229. The Bertz CT molecular complexity index is 750. The summed E-state index contributed by atoms with van der Waals surface area (Å²) in [5, 5.41) is 4.29. The van der Waals surface area contributed by atoms with Gasteiger partial charge in [-0.05, 0) is 36.8 Å². The van der Waals surface area contributed by atoms with Crippen LogP contribution in [-0.2, 0) is 6.54 Å². The van der Waals surface area contributed by atoms with Crippen LogP contribution in [0, 0.1) is 12.7 Å². The fourth-order valence-electron chi connectivity index (χ4n) is 2.06. The number of hydrogen-bond donors (Lipinski definition) is 2. The molecule has 20 heavy (non-hydrogen) atoms. The van der Waals surface area contributed by atoms with Crippen molar-refractivity contribution >= 4 is 32.9 Å². The first kappa shape index (κ1) is 12.9. The molecule has 0 atom stereocenters. The summed E-state index contributed by atoms with van der Waals surface area (Å²) in [6.07, 6.45) is 0. The van der Waals surface area contributed by atoms with Crippen LogP contribution in [0.1, 0.15) is 10.6 Å². The molecule has 0 radical (unpaired) electrons. The first-order valence-electron chi connectivity index (χ1n) is 6.27. The van der Waals surface area contributed by atoms with Gasteiger partial charge in [0.05, 0.1) is 26.6 Å². The van der Waals surface area contributed by atoms with Crippen molar-refractivity contribution in [3.63, 3.8) is 0 Å². The quantitative estimate of drug-likeness (QED) is 0.717. The van der Waals surface area contributed by atoms with Crippen molar-refractivity contribution < 1.29 is 4.39 Å². The maximum absolute atomic E-state index is 12.8. The van der Waals surface area contributed by atoms with E-state index in [9.17, 15) is 4.39 Å². The van der Waals surface area contributed by atoms with E-state index in [2.05, 4.69) is 10.3 Å². The number of nitrogens with two attached hydrogens (primary N) is 1. The van der Waals surface area contributed by atoms with Gasteiger partial charge in [0.2, 0.25) is 0 Å². The number of anilines is 2. The fraction of sp³-hybridized carbons (Fsp3) is 0.133. The number of nitrogens with one attached hydrogen (secondary N) is 1. The van der Waals surface area contributed by atoms with Crippen molar-refractivity contribution in [2.24, 2.45) is 0 Å². The third-order valence-corrected chi connectivity index (χ3v) is 4.00. The third kappa shape index (κ3) is 2.58. The summed E-state index contributed by atoms with van der Waals surface area (Å²) < 4.78 is 13.9. The van der Waals surface area contributed by atoms with Crippen molar-refractivity contribution in [1.29, 1.82) is 0 Å². The van der Waals surface area contributed by atoms with E-state index in [-0.39, 0.29) is 5.82 Å². The van der Waals surface area contributed by atoms with E-state index < -0.39 is 0 Å². The lowest BCUT2D eigenvalue weighted by atomic mass is 10.2. The Morgan fingerprint density at radius 2 is 2.00 bits per heavy atom. The predicted molar refractivity (Wildman–Crippen MR) is 82.5 cm³/mol. The van der Waals surface area contributed by atoms with Crippen LogP contribution in [0.25, 0.3) is 10.2 Å². The lowest BCUT2D eigenvalue weighted by Crippen LogP contribution is -2.02. The van der Waals surface area contributed by atoms with E-state index >= 15 is 0 Å². The highest BCUT2D eigenvalue weighted by Crippen LogP contribution is 2.29. The van der Waals surface area contributed by atoms with Gasteiger partial charge in [-0.2, -0.15) is 0 Å². The molecule has 3 N–H and O–H groups in total.